The van der Waals surface area contributed by atoms with Gasteiger partial charge in [0.05, 0.1) is 18.2 Å². The molecule has 0 aliphatic carbocycles. The molecule has 0 saturated heterocycles. The highest BCUT2D eigenvalue weighted by atomic mass is 35.5. The number of benzene rings is 1. The van der Waals surface area contributed by atoms with Gasteiger partial charge in [0.1, 0.15) is 17.1 Å². The quantitative estimate of drug-likeness (QED) is 0.797. The lowest BCUT2D eigenvalue weighted by Gasteiger charge is -2.13. The molecule has 1 unspecified atom stereocenters. The molecule has 0 aliphatic heterocycles. The van der Waals surface area contributed by atoms with Gasteiger partial charge in [0.15, 0.2) is 0 Å². The zero-order chi connectivity index (χ0) is 16.4. The Morgan fingerprint density at radius 3 is 2.65 bits per heavy atom. The summed E-state index contributed by atoms with van der Waals surface area (Å²) in [6.07, 6.45) is 3.38. The maximum absolute atomic E-state index is 12.4. The first kappa shape index (κ1) is 15.4. The summed E-state index contributed by atoms with van der Waals surface area (Å²) >= 11 is 5.94. The van der Waals surface area contributed by atoms with E-state index in [-0.39, 0.29) is 11.9 Å². The van der Waals surface area contributed by atoms with Crippen LogP contribution in [0.4, 0.5) is 0 Å². The molecule has 0 bridgehead atoms. The number of methoxy groups -OCH3 is 1. The zero-order valence-corrected chi connectivity index (χ0v) is 13.5. The van der Waals surface area contributed by atoms with E-state index in [0.717, 1.165) is 11.3 Å². The summed E-state index contributed by atoms with van der Waals surface area (Å²) in [4.78, 5) is 16.7. The number of hydrogen-bond donors (Lipinski definition) is 1. The van der Waals surface area contributed by atoms with Gasteiger partial charge in [-0.25, -0.2) is 4.98 Å². The summed E-state index contributed by atoms with van der Waals surface area (Å²) in [6, 6.07) is 11.0. The van der Waals surface area contributed by atoms with Crippen molar-refractivity contribution in [2.75, 3.05) is 7.11 Å². The molecule has 1 amide bonds. The van der Waals surface area contributed by atoms with Gasteiger partial charge >= 0.3 is 0 Å². The molecule has 2 aromatic heterocycles. The first-order chi connectivity index (χ1) is 11.1. The summed E-state index contributed by atoms with van der Waals surface area (Å²) in [7, 11) is 1.62. The number of fused-ring (bicyclic) bond motifs is 1. The van der Waals surface area contributed by atoms with Gasteiger partial charge in [-0.05, 0) is 36.8 Å². The topological polar surface area (TPSA) is 55.6 Å². The maximum Gasteiger partial charge on any atom is 0.271 e. The molecular weight excluding hydrogens is 314 g/mol. The molecule has 0 radical (unpaired) electrons. The maximum atomic E-state index is 12.4. The van der Waals surface area contributed by atoms with Crippen molar-refractivity contribution in [1.29, 1.82) is 0 Å². The third kappa shape index (κ3) is 3.29. The standard InChI is InChI=1S/C17H16ClN3O2/c1-11(12-3-6-14(23-2)7-4-12)19-17(22)15-10-21-9-13(18)5-8-16(21)20-15/h3-11H,1-2H3,(H,19,22). The second-order valence-corrected chi connectivity index (χ2v) is 5.64. The van der Waals surface area contributed by atoms with E-state index in [4.69, 9.17) is 16.3 Å². The Morgan fingerprint density at radius 2 is 1.96 bits per heavy atom. The highest BCUT2D eigenvalue weighted by molar-refractivity contribution is 6.30. The minimum absolute atomic E-state index is 0.137. The molecule has 3 rings (SSSR count). The van der Waals surface area contributed by atoms with Gasteiger partial charge in [-0.3, -0.25) is 4.79 Å². The van der Waals surface area contributed by atoms with E-state index < -0.39 is 0 Å². The van der Waals surface area contributed by atoms with Gasteiger partial charge in [0, 0.05) is 12.4 Å². The number of hydrogen-bond acceptors (Lipinski definition) is 3. The molecule has 5 nitrogen and oxygen atoms in total. The van der Waals surface area contributed by atoms with Gasteiger partial charge in [0.2, 0.25) is 0 Å². The average molecular weight is 330 g/mol. The van der Waals surface area contributed by atoms with Crippen molar-refractivity contribution >= 4 is 23.2 Å². The van der Waals surface area contributed by atoms with E-state index in [9.17, 15) is 4.79 Å². The van der Waals surface area contributed by atoms with E-state index in [1.165, 1.54) is 0 Å². The Labute approximate surface area is 138 Å². The number of imidazole rings is 1. The Balaban J connectivity index is 1.76. The summed E-state index contributed by atoms with van der Waals surface area (Å²) in [5.74, 6) is 0.553. The third-order valence-electron chi connectivity index (χ3n) is 3.61. The van der Waals surface area contributed by atoms with Crippen LogP contribution >= 0.6 is 11.6 Å². The monoisotopic (exact) mass is 329 g/mol. The van der Waals surface area contributed by atoms with Crippen molar-refractivity contribution in [2.45, 2.75) is 13.0 Å². The molecule has 1 aromatic carbocycles. The second kappa shape index (κ2) is 6.30. The molecule has 0 fully saturated rings. The van der Waals surface area contributed by atoms with Crippen LogP contribution in [0.2, 0.25) is 5.02 Å². The van der Waals surface area contributed by atoms with Crippen LogP contribution in [0.3, 0.4) is 0 Å². The van der Waals surface area contributed by atoms with Crippen LogP contribution in [0, 0.1) is 0 Å². The van der Waals surface area contributed by atoms with Gasteiger partial charge < -0.3 is 14.5 Å². The summed E-state index contributed by atoms with van der Waals surface area (Å²) < 4.78 is 6.86. The van der Waals surface area contributed by atoms with E-state index in [1.807, 2.05) is 31.2 Å². The van der Waals surface area contributed by atoms with Crippen LogP contribution in [0.25, 0.3) is 5.65 Å². The number of ether oxygens (including phenoxy) is 1. The van der Waals surface area contributed by atoms with Crippen LogP contribution in [0.5, 0.6) is 5.75 Å². The Morgan fingerprint density at radius 1 is 1.22 bits per heavy atom. The fourth-order valence-corrected chi connectivity index (χ4v) is 2.49. The van der Waals surface area contributed by atoms with Crippen molar-refractivity contribution in [2.24, 2.45) is 0 Å². The Hall–Kier alpha value is -2.53. The molecule has 0 spiro atoms. The van der Waals surface area contributed by atoms with Crippen LogP contribution in [-0.4, -0.2) is 22.4 Å². The number of nitrogens with zero attached hydrogens (tertiary/aromatic N) is 2. The van der Waals surface area contributed by atoms with E-state index in [0.29, 0.717) is 16.4 Å². The lowest BCUT2D eigenvalue weighted by molar-refractivity contribution is 0.0935. The van der Waals surface area contributed by atoms with Crippen molar-refractivity contribution in [1.82, 2.24) is 14.7 Å². The first-order valence-electron chi connectivity index (χ1n) is 7.16. The van der Waals surface area contributed by atoms with Gasteiger partial charge in [-0.2, -0.15) is 0 Å². The van der Waals surface area contributed by atoms with Crippen LogP contribution in [-0.2, 0) is 0 Å². The predicted molar refractivity (Wildman–Crippen MR) is 89.1 cm³/mol. The lowest BCUT2D eigenvalue weighted by atomic mass is 10.1. The number of carbonyl (C=O) groups excluding carboxylic acids is 1. The van der Waals surface area contributed by atoms with Crippen molar-refractivity contribution < 1.29 is 9.53 Å². The molecule has 2 heterocycles. The number of pyridine rings is 1. The smallest absolute Gasteiger partial charge is 0.271 e. The highest BCUT2D eigenvalue weighted by Crippen LogP contribution is 2.18. The van der Waals surface area contributed by atoms with Crippen LogP contribution in [0.1, 0.15) is 29.0 Å². The fraction of sp³-hybridized carbons (Fsp3) is 0.176. The number of carbonyl (C=O) groups is 1. The molecule has 118 valence electrons. The number of nitrogens with one attached hydrogen (secondary N) is 1. The summed E-state index contributed by atoms with van der Waals surface area (Å²) in [6.45, 7) is 1.92. The Kier molecular flexibility index (Phi) is 4.21. The van der Waals surface area contributed by atoms with Gasteiger partial charge in [-0.1, -0.05) is 23.7 Å². The molecular formula is C17H16ClN3O2. The molecule has 23 heavy (non-hydrogen) atoms. The van der Waals surface area contributed by atoms with Crippen LogP contribution in [0.15, 0.2) is 48.8 Å². The molecule has 6 heteroatoms. The summed E-state index contributed by atoms with van der Waals surface area (Å²) in [5.41, 5.74) is 2.02. The fourth-order valence-electron chi connectivity index (χ4n) is 2.32. The van der Waals surface area contributed by atoms with Gasteiger partial charge in [0.25, 0.3) is 5.91 Å². The van der Waals surface area contributed by atoms with Crippen molar-refractivity contribution in [3.8, 4) is 5.75 Å². The van der Waals surface area contributed by atoms with E-state index >= 15 is 0 Å². The largest absolute Gasteiger partial charge is 0.497 e. The normalized spacial score (nSPS) is 12.1. The van der Waals surface area contributed by atoms with E-state index in [1.54, 1.807) is 36.0 Å². The average Bonchev–Trinajstić information content (AvgIpc) is 2.98. The Bertz CT molecular complexity index is 843. The number of aromatic nitrogens is 2. The van der Waals surface area contributed by atoms with Crippen LogP contribution < -0.4 is 10.1 Å². The third-order valence-corrected chi connectivity index (χ3v) is 3.83. The van der Waals surface area contributed by atoms with Crippen molar-refractivity contribution in [3.05, 3.63) is 65.1 Å². The number of rotatable bonds is 4. The van der Waals surface area contributed by atoms with Crippen molar-refractivity contribution in [3.63, 3.8) is 0 Å². The predicted octanol–water partition coefficient (Wildman–Crippen LogP) is 3.49. The van der Waals surface area contributed by atoms with Gasteiger partial charge in [-0.15, -0.1) is 0 Å². The first-order valence-corrected chi connectivity index (χ1v) is 7.53. The zero-order valence-electron chi connectivity index (χ0n) is 12.8. The van der Waals surface area contributed by atoms with E-state index in [2.05, 4.69) is 10.3 Å². The lowest BCUT2D eigenvalue weighted by Crippen LogP contribution is -2.26. The second-order valence-electron chi connectivity index (χ2n) is 5.21. The minimum atomic E-state index is -0.229. The molecule has 1 N–H and O–H groups in total. The molecule has 1 atom stereocenters. The number of halogens is 1. The molecule has 0 aliphatic rings. The minimum Gasteiger partial charge on any atom is -0.497 e. The molecule has 0 saturated carbocycles. The number of amides is 1. The highest BCUT2D eigenvalue weighted by Gasteiger charge is 2.14. The summed E-state index contributed by atoms with van der Waals surface area (Å²) in [5, 5.41) is 3.53. The molecule has 3 aromatic rings. The SMILES string of the molecule is COc1ccc(C(C)NC(=O)c2cn3cc(Cl)ccc3n2)cc1.